The maximum atomic E-state index is 13.6. The molecule has 1 amide bonds. The maximum absolute atomic E-state index is 13.6. The molecular weight excluding hydrogens is 690 g/mol. The van der Waals surface area contributed by atoms with E-state index in [0.29, 0.717) is 12.2 Å². The van der Waals surface area contributed by atoms with Crippen molar-refractivity contribution in [2.45, 2.75) is 71.9 Å². The fourth-order valence-electron chi connectivity index (χ4n) is 5.20. The lowest BCUT2D eigenvalue weighted by Gasteiger charge is -2.33. The van der Waals surface area contributed by atoms with Crippen molar-refractivity contribution < 1.29 is 47.7 Å². The van der Waals surface area contributed by atoms with Crippen molar-refractivity contribution in [3.8, 4) is 22.5 Å². The molecule has 2 aromatic heterocycles. The molecule has 0 aliphatic heterocycles. The van der Waals surface area contributed by atoms with Gasteiger partial charge in [-0.1, -0.05) is 75.7 Å². The van der Waals surface area contributed by atoms with E-state index in [9.17, 15) is 34.6 Å². The Morgan fingerprint density at radius 1 is 0.962 bits per heavy atom. The van der Waals surface area contributed by atoms with E-state index >= 15 is 0 Å². The summed E-state index contributed by atoms with van der Waals surface area (Å²) in [5, 5.41) is 33.1. The lowest BCUT2D eigenvalue weighted by Crippen LogP contribution is -2.48. The fraction of sp³-hybridized carbons (Fsp3) is 0.438. The topological polar surface area (TPSA) is 258 Å². The van der Waals surface area contributed by atoms with E-state index in [-0.39, 0.29) is 30.4 Å². The quantitative estimate of drug-likeness (QED) is 0.0729. The van der Waals surface area contributed by atoms with Crippen molar-refractivity contribution in [2.24, 2.45) is 5.92 Å². The number of hydrogen-bond acceptors (Lipinski definition) is 16. The smallest absolute Gasteiger partial charge is 0.456 e. The van der Waals surface area contributed by atoms with Gasteiger partial charge in [-0.2, -0.15) is 5.21 Å². The minimum absolute atomic E-state index is 0.0979. The van der Waals surface area contributed by atoms with Crippen LogP contribution >= 0.6 is 0 Å². The zero-order chi connectivity index (χ0) is 37.6. The van der Waals surface area contributed by atoms with Crippen molar-refractivity contribution in [3.63, 3.8) is 0 Å². The highest BCUT2D eigenvalue weighted by atomic mass is 17.0. The maximum Gasteiger partial charge on any atom is 0.519 e. The predicted octanol–water partition coefficient (Wildman–Crippen LogP) is 3.67. The van der Waals surface area contributed by atoms with Crippen molar-refractivity contribution in [2.75, 3.05) is 13.2 Å². The van der Waals surface area contributed by atoms with Crippen LogP contribution in [-0.2, 0) is 48.5 Å². The Kier molecular flexibility index (Phi) is 13.9. The number of nitrogens with one attached hydrogen (secondary N) is 1. The Morgan fingerprint density at radius 2 is 1.65 bits per heavy atom. The number of tetrazole rings is 1. The number of carbonyl (C=O) groups excluding carboxylic acids is 2. The highest BCUT2D eigenvalue weighted by Crippen LogP contribution is 2.30. The Labute approximate surface area is 295 Å². The molecule has 278 valence electrons. The zero-order valence-corrected chi connectivity index (χ0v) is 28.5. The summed E-state index contributed by atoms with van der Waals surface area (Å²) in [5.74, 6) is -2.52. The van der Waals surface area contributed by atoms with Gasteiger partial charge < -0.3 is 32.9 Å². The first-order chi connectivity index (χ1) is 25.0. The van der Waals surface area contributed by atoms with Gasteiger partial charge >= 0.3 is 11.8 Å². The number of esters is 1. The standard InChI is InChI=1S/C32H37N7O13/c1-4-5-10-28(40)37(15-21-11-13-22(14-12-21)24-8-6-7-9-25(24)30-33-35-36-34-30)29(20(2)3)31(41)48-19-27-26(50-32(42)51-27)18-47-16-23(52-39(45)46)17-49-38(43)44/h6-9,11-14,20,23,29H,4-5,10,15-19H2,1-3H3,(H,33,34,35,36)/t23-,29+/m1/s1. The molecule has 4 rings (SSSR count). The normalized spacial score (nSPS) is 12.2. The number of aromatic amines is 1. The number of unbranched alkanes of at least 4 members (excludes halogenated alkanes) is 1. The van der Waals surface area contributed by atoms with Crippen LogP contribution in [-0.4, -0.2) is 72.9 Å². The number of carbonyl (C=O) groups is 2. The number of amides is 1. The first kappa shape index (κ1) is 38.6. The Hall–Kier alpha value is -6.18. The van der Waals surface area contributed by atoms with Gasteiger partial charge in [-0.25, -0.2) is 9.59 Å². The summed E-state index contributed by atoms with van der Waals surface area (Å²) in [6.45, 7) is 3.14. The molecule has 2 aromatic carbocycles. The molecule has 0 radical (unpaired) electrons. The van der Waals surface area contributed by atoms with Crippen LogP contribution in [0.25, 0.3) is 22.5 Å². The highest BCUT2D eigenvalue weighted by molar-refractivity contribution is 5.85. The average molecular weight is 728 g/mol. The molecule has 0 saturated carbocycles. The summed E-state index contributed by atoms with van der Waals surface area (Å²) in [5.41, 5.74) is 3.29. The molecule has 20 nitrogen and oxygen atoms in total. The van der Waals surface area contributed by atoms with Crippen LogP contribution in [0.5, 0.6) is 0 Å². The van der Waals surface area contributed by atoms with E-state index in [1.54, 1.807) is 13.8 Å². The lowest BCUT2D eigenvalue weighted by atomic mass is 9.97. The summed E-state index contributed by atoms with van der Waals surface area (Å²) in [6, 6.07) is 14.1. The first-order valence-corrected chi connectivity index (χ1v) is 16.1. The van der Waals surface area contributed by atoms with Crippen molar-refractivity contribution in [3.05, 3.63) is 96.5 Å². The van der Waals surface area contributed by atoms with Gasteiger partial charge in [0, 0.05) is 18.5 Å². The highest BCUT2D eigenvalue weighted by Gasteiger charge is 2.34. The third-order valence-corrected chi connectivity index (χ3v) is 7.61. The van der Waals surface area contributed by atoms with E-state index in [4.69, 9.17) is 18.3 Å². The molecule has 0 aliphatic carbocycles. The van der Waals surface area contributed by atoms with E-state index in [1.807, 2.05) is 55.5 Å². The van der Waals surface area contributed by atoms with E-state index in [1.165, 1.54) is 4.90 Å². The third kappa shape index (κ3) is 10.9. The van der Waals surface area contributed by atoms with Gasteiger partial charge in [0.15, 0.2) is 24.2 Å². The largest absolute Gasteiger partial charge is 0.519 e. The lowest BCUT2D eigenvalue weighted by molar-refractivity contribution is -0.790. The van der Waals surface area contributed by atoms with Crippen molar-refractivity contribution >= 4 is 11.9 Å². The van der Waals surface area contributed by atoms with Crippen LogP contribution in [0.1, 0.15) is 57.1 Å². The number of ether oxygens (including phenoxy) is 2. The summed E-state index contributed by atoms with van der Waals surface area (Å²) < 4.78 is 20.8. The van der Waals surface area contributed by atoms with Gasteiger partial charge in [-0.3, -0.25) is 4.79 Å². The van der Waals surface area contributed by atoms with Crippen molar-refractivity contribution in [1.82, 2.24) is 25.5 Å². The van der Waals surface area contributed by atoms with Crippen LogP contribution < -0.4 is 5.82 Å². The van der Waals surface area contributed by atoms with Gasteiger partial charge in [-0.05, 0) is 34.2 Å². The molecule has 2 heterocycles. The molecule has 0 fully saturated rings. The molecule has 4 aromatic rings. The van der Waals surface area contributed by atoms with Crippen LogP contribution in [0, 0.1) is 26.1 Å². The summed E-state index contributed by atoms with van der Waals surface area (Å²) in [4.78, 5) is 70.2. The van der Waals surface area contributed by atoms with Gasteiger partial charge in [-0.15, -0.1) is 30.4 Å². The SMILES string of the molecule is CCCCC(=O)N(Cc1ccc(-c2ccccc2-c2nn[nH]n2)cc1)[C@H](C(=O)OCc1oc(=O)oc1COC[C@H](CO[N+](=O)[O-])O[N+](=O)[O-])C(C)C. The molecule has 20 heteroatoms. The van der Waals surface area contributed by atoms with E-state index in [2.05, 4.69) is 30.3 Å². The minimum atomic E-state index is -1.48. The molecule has 52 heavy (non-hydrogen) atoms. The summed E-state index contributed by atoms with van der Waals surface area (Å²) in [7, 11) is 0. The Balaban J connectivity index is 1.47. The van der Waals surface area contributed by atoms with Crippen molar-refractivity contribution in [1.29, 1.82) is 0 Å². The summed E-state index contributed by atoms with van der Waals surface area (Å²) >= 11 is 0. The number of aromatic nitrogens is 4. The number of H-pyrrole nitrogens is 1. The van der Waals surface area contributed by atoms with Gasteiger partial charge in [0.05, 0.1) is 6.61 Å². The second-order valence-corrected chi connectivity index (χ2v) is 11.7. The van der Waals surface area contributed by atoms with E-state index < -0.39 is 66.5 Å². The van der Waals surface area contributed by atoms with Gasteiger partial charge in [0.25, 0.3) is 10.2 Å². The third-order valence-electron chi connectivity index (χ3n) is 7.61. The molecule has 1 N–H and O–H groups in total. The molecular formula is C32H37N7O13. The van der Waals surface area contributed by atoms with Crippen LogP contribution in [0.2, 0.25) is 0 Å². The predicted molar refractivity (Wildman–Crippen MR) is 175 cm³/mol. The van der Waals surface area contributed by atoms with Gasteiger partial charge in [0.2, 0.25) is 11.7 Å². The van der Waals surface area contributed by atoms with Crippen LogP contribution in [0.15, 0.2) is 62.2 Å². The van der Waals surface area contributed by atoms with Gasteiger partial charge in [0.1, 0.15) is 19.3 Å². The number of benzene rings is 2. The second kappa shape index (κ2) is 18.7. The average Bonchev–Trinajstić information content (AvgIpc) is 3.78. The van der Waals surface area contributed by atoms with E-state index in [0.717, 1.165) is 28.7 Å². The molecule has 0 bridgehead atoms. The molecule has 0 saturated heterocycles. The number of rotatable bonds is 21. The Bertz CT molecular complexity index is 1840. The summed E-state index contributed by atoms with van der Waals surface area (Å²) in [6.07, 6.45) is 0.0921. The fourth-order valence-corrected chi connectivity index (χ4v) is 5.20. The Morgan fingerprint density at radius 3 is 2.27 bits per heavy atom. The zero-order valence-electron chi connectivity index (χ0n) is 28.5. The monoisotopic (exact) mass is 727 g/mol. The number of hydrogen-bond donors (Lipinski definition) is 1. The number of nitrogens with zero attached hydrogens (tertiary/aromatic N) is 6. The molecule has 0 spiro atoms. The van der Waals surface area contributed by atoms with Crippen LogP contribution in [0.4, 0.5) is 0 Å². The second-order valence-electron chi connectivity index (χ2n) is 11.7. The molecule has 2 atom stereocenters. The first-order valence-electron chi connectivity index (χ1n) is 16.1. The molecule has 0 unspecified atom stereocenters. The minimum Gasteiger partial charge on any atom is -0.456 e. The molecule has 0 aliphatic rings. The van der Waals surface area contributed by atoms with Crippen LogP contribution in [0.3, 0.4) is 0 Å².